The number of hydrogen-bond acceptors (Lipinski definition) is 6. The molecule has 2 aromatic carbocycles. The molecule has 0 atom stereocenters. The second-order valence-electron chi connectivity index (χ2n) is 8.36. The van der Waals surface area contributed by atoms with Crippen LogP contribution in [0.3, 0.4) is 0 Å². The molecule has 0 radical (unpaired) electrons. The third kappa shape index (κ3) is 4.94. The summed E-state index contributed by atoms with van der Waals surface area (Å²) < 4.78 is 3.58. The second-order valence-corrected chi connectivity index (χ2v) is 9.32. The Balaban J connectivity index is 1.24. The number of nitrogens with one attached hydrogen (secondary N) is 2. The number of carbonyl (C=O) groups excluding carboxylic acids is 1. The van der Waals surface area contributed by atoms with Gasteiger partial charge >= 0.3 is 0 Å². The lowest BCUT2D eigenvalue weighted by Gasteiger charge is -2.08. The highest BCUT2D eigenvalue weighted by Crippen LogP contribution is 2.18. The van der Waals surface area contributed by atoms with Gasteiger partial charge in [0.25, 0.3) is 5.56 Å². The van der Waals surface area contributed by atoms with Gasteiger partial charge in [-0.3, -0.25) is 14.3 Å². The van der Waals surface area contributed by atoms with Gasteiger partial charge in [-0.25, -0.2) is 9.67 Å². The number of thioether (sulfide) groups is 1. The highest BCUT2D eigenvalue weighted by atomic mass is 32.2. The van der Waals surface area contributed by atoms with E-state index < -0.39 is 0 Å². The third-order valence-corrected chi connectivity index (χ3v) is 6.80. The first-order chi connectivity index (χ1) is 17.5. The number of benzene rings is 2. The fourth-order valence-electron chi connectivity index (χ4n) is 4.00. The molecule has 5 aromatic rings. The number of rotatable bonds is 8. The smallest absolute Gasteiger partial charge is 0.262 e. The van der Waals surface area contributed by atoms with Gasteiger partial charge in [-0.1, -0.05) is 60.3 Å². The van der Waals surface area contributed by atoms with E-state index in [1.165, 1.54) is 23.5 Å². The van der Waals surface area contributed by atoms with Crippen LogP contribution >= 0.6 is 11.8 Å². The molecule has 0 aliphatic carbocycles. The fraction of sp³-hybridized carbons (Fsp3) is 0.192. The largest absolute Gasteiger partial charge is 0.351 e. The van der Waals surface area contributed by atoms with Gasteiger partial charge in [0.05, 0.1) is 29.9 Å². The van der Waals surface area contributed by atoms with Crippen LogP contribution in [-0.4, -0.2) is 41.2 Å². The van der Waals surface area contributed by atoms with Crippen molar-refractivity contribution in [2.45, 2.75) is 32.1 Å². The Morgan fingerprint density at radius 1 is 1.06 bits per heavy atom. The summed E-state index contributed by atoms with van der Waals surface area (Å²) in [4.78, 5) is 32.4. The molecule has 0 saturated heterocycles. The maximum Gasteiger partial charge on any atom is 0.262 e. The number of aryl methyl sites for hydroxylation is 1. The van der Waals surface area contributed by atoms with E-state index >= 15 is 0 Å². The lowest BCUT2D eigenvalue weighted by molar-refractivity contribution is -0.118. The summed E-state index contributed by atoms with van der Waals surface area (Å²) in [6.45, 7) is 5.03. The SMILES string of the molecule is Cc1nn(Cc2ccccc2)c(C)c1CNC(=O)CSc1nc2c(cnn2-c2ccccc2)c(=O)[nH]1. The van der Waals surface area contributed by atoms with Crippen molar-refractivity contribution in [2.75, 3.05) is 5.75 Å². The summed E-state index contributed by atoms with van der Waals surface area (Å²) in [5.41, 5.74) is 5.05. The molecule has 182 valence electrons. The highest BCUT2D eigenvalue weighted by molar-refractivity contribution is 7.99. The molecule has 36 heavy (non-hydrogen) atoms. The van der Waals surface area contributed by atoms with Crippen LogP contribution in [0.25, 0.3) is 16.7 Å². The maximum atomic E-state index is 12.6. The van der Waals surface area contributed by atoms with E-state index in [1.54, 1.807) is 4.68 Å². The molecule has 0 aliphatic heterocycles. The van der Waals surface area contributed by atoms with Gasteiger partial charge in [0, 0.05) is 17.8 Å². The van der Waals surface area contributed by atoms with Crippen LogP contribution < -0.4 is 10.9 Å². The number of hydrogen-bond donors (Lipinski definition) is 2. The standard InChI is InChI=1S/C26H25N7O2S/c1-17-21(18(2)32(31-17)15-19-9-5-3-6-10-19)13-27-23(34)16-36-26-29-24-22(25(35)30-26)14-28-33(24)20-11-7-4-8-12-20/h3-12,14H,13,15-16H2,1-2H3,(H,27,34)(H,29,30,35). The van der Waals surface area contributed by atoms with Crippen LogP contribution in [-0.2, 0) is 17.9 Å². The Morgan fingerprint density at radius 3 is 2.53 bits per heavy atom. The zero-order valence-corrected chi connectivity index (χ0v) is 20.7. The van der Waals surface area contributed by atoms with Gasteiger partial charge in [0.2, 0.25) is 5.91 Å². The number of para-hydroxylation sites is 1. The van der Waals surface area contributed by atoms with Crippen LogP contribution in [0.2, 0.25) is 0 Å². The fourth-order valence-corrected chi connectivity index (χ4v) is 4.68. The Labute approximate surface area is 211 Å². The van der Waals surface area contributed by atoms with E-state index in [2.05, 4.69) is 37.6 Å². The molecule has 9 nitrogen and oxygen atoms in total. The van der Waals surface area contributed by atoms with Gasteiger partial charge < -0.3 is 10.3 Å². The molecule has 0 spiro atoms. The van der Waals surface area contributed by atoms with E-state index in [9.17, 15) is 9.59 Å². The summed E-state index contributed by atoms with van der Waals surface area (Å²) in [6.07, 6.45) is 1.50. The summed E-state index contributed by atoms with van der Waals surface area (Å²) in [7, 11) is 0. The average Bonchev–Trinajstić information content (AvgIpc) is 3.43. The minimum Gasteiger partial charge on any atom is -0.351 e. The maximum absolute atomic E-state index is 12.6. The molecule has 0 bridgehead atoms. The van der Waals surface area contributed by atoms with E-state index in [1.807, 2.05) is 67.1 Å². The number of amides is 1. The number of aromatic amines is 1. The molecule has 0 saturated carbocycles. The van der Waals surface area contributed by atoms with Crippen molar-refractivity contribution in [1.82, 2.24) is 34.8 Å². The Hall–Kier alpha value is -4.18. The van der Waals surface area contributed by atoms with Crippen LogP contribution in [0.1, 0.15) is 22.5 Å². The third-order valence-electron chi connectivity index (χ3n) is 5.93. The number of nitrogens with zero attached hydrogens (tertiary/aromatic N) is 5. The van der Waals surface area contributed by atoms with E-state index in [-0.39, 0.29) is 17.2 Å². The minimum absolute atomic E-state index is 0.115. The number of H-pyrrole nitrogens is 1. The lowest BCUT2D eigenvalue weighted by atomic mass is 10.2. The number of carbonyl (C=O) groups is 1. The molecule has 2 N–H and O–H groups in total. The lowest BCUT2D eigenvalue weighted by Crippen LogP contribution is -2.25. The monoisotopic (exact) mass is 499 g/mol. The van der Waals surface area contributed by atoms with Crippen molar-refractivity contribution in [3.05, 3.63) is 99.7 Å². The van der Waals surface area contributed by atoms with Crippen molar-refractivity contribution in [3.8, 4) is 5.69 Å². The molecule has 0 aliphatic rings. The normalized spacial score (nSPS) is 11.2. The first-order valence-electron chi connectivity index (χ1n) is 11.5. The first-order valence-corrected chi connectivity index (χ1v) is 12.5. The Bertz CT molecular complexity index is 1570. The highest BCUT2D eigenvalue weighted by Gasteiger charge is 2.15. The van der Waals surface area contributed by atoms with E-state index in [4.69, 9.17) is 0 Å². The number of fused-ring (bicyclic) bond motifs is 1. The topological polar surface area (TPSA) is 110 Å². The summed E-state index contributed by atoms with van der Waals surface area (Å²) in [6, 6.07) is 19.6. The van der Waals surface area contributed by atoms with E-state index in [0.29, 0.717) is 29.3 Å². The zero-order valence-electron chi connectivity index (χ0n) is 19.9. The summed E-state index contributed by atoms with van der Waals surface area (Å²) >= 11 is 1.17. The van der Waals surface area contributed by atoms with Crippen molar-refractivity contribution < 1.29 is 4.79 Å². The first kappa shape index (κ1) is 23.6. The van der Waals surface area contributed by atoms with E-state index in [0.717, 1.165) is 22.6 Å². The second kappa shape index (κ2) is 10.2. The molecular formula is C26H25N7O2S. The molecule has 3 aromatic heterocycles. The predicted molar refractivity (Wildman–Crippen MR) is 139 cm³/mol. The molecule has 3 heterocycles. The van der Waals surface area contributed by atoms with Crippen LogP contribution in [0, 0.1) is 13.8 Å². The van der Waals surface area contributed by atoms with Gasteiger partial charge in [0.1, 0.15) is 5.39 Å². The van der Waals surface area contributed by atoms with Crippen molar-refractivity contribution in [1.29, 1.82) is 0 Å². The van der Waals surface area contributed by atoms with Gasteiger partial charge in [-0.05, 0) is 31.5 Å². The van der Waals surface area contributed by atoms with Crippen molar-refractivity contribution in [2.24, 2.45) is 0 Å². The van der Waals surface area contributed by atoms with Crippen molar-refractivity contribution in [3.63, 3.8) is 0 Å². The molecule has 5 rings (SSSR count). The summed E-state index contributed by atoms with van der Waals surface area (Å²) in [5, 5.41) is 12.7. The quantitative estimate of drug-likeness (QED) is 0.250. The zero-order chi connectivity index (χ0) is 25.1. The van der Waals surface area contributed by atoms with Crippen LogP contribution in [0.15, 0.2) is 76.8 Å². The molecular weight excluding hydrogens is 474 g/mol. The van der Waals surface area contributed by atoms with Crippen LogP contribution in [0.4, 0.5) is 0 Å². The van der Waals surface area contributed by atoms with Gasteiger partial charge in [0.15, 0.2) is 10.8 Å². The van der Waals surface area contributed by atoms with Crippen molar-refractivity contribution >= 4 is 28.7 Å². The molecule has 10 heteroatoms. The number of aromatic nitrogens is 6. The Morgan fingerprint density at radius 2 is 1.78 bits per heavy atom. The minimum atomic E-state index is -0.290. The predicted octanol–water partition coefficient (Wildman–Crippen LogP) is 3.38. The average molecular weight is 500 g/mol. The Kier molecular flexibility index (Phi) is 6.68. The molecule has 1 amide bonds. The van der Waals surface area contributed by atoms with Gasteiger partial charge in [-0.2, -0.15) is 10.2 Å². The van der Waals surface area contributed by atoms with Gasteiger partial charge in [-0.15, -0.1) is 0 Å². The molecule has 0 unspecified atom stereocenters. The van der Waals surface area contributed by atoms with Crippen LogP contribution in [0.5, 0.6) is 0 Å². The molecule has 0 fully saturated rings. The summed E-state index contributed by atoms with van der Waals surface area (Å²) in [5.74, 6) is -0.0432.